The van der Waals surface area contributed by atoms with Gasteiger partial charge in [-0.25, -0.2) is 9.98 Å². The molecule has 100 valence electrons. The van der Waals surface area contributed by atoms with Crippen molar-refractivity contribution in [3.8, 4) is 6.07 Å². The predicted octanol–water partition coefficient (Wildman–Crippen LogP) is 3.78. The van der Waals surface area contributed by atoms with Crippen molar-refractivity contribution in [2.45, 2.75) is 6.54 Å². The Labute approximate surface area is 126 Å². The Morgan fingerprint density at radius 2 is 2.05 bits per heavy atom. The molecule has 4 nitrogen and oxygen atoms in total. The molecule has 0 amide bonds. The van der Waals surface area contributed by atoms with Crippen LogP contribution in [0.15, 0.2) is 46.4 Å². The zero-order valence-corrected chi connectivity index (χ0v) is 11.7. The standard InChI is InChI=1S/C16H9ClN4/c17-12-3-4-14-13(6-12)16-20-15-5-10(7-18)1-2-11(15)8-21(16)9-19-14/h1-6,9H,8H2. The maximum atomic E-state index is 9.02. The van der Waals surface area contributed by atoms with Crippen LogP contribution in [-0.2, 0) is 6.54 Å². The summed E-state index contributed by atoms with van der Waals surface area (Å²) >= 11 is 6.09. The summed E-state index contributed by atoms with van der Waals surface area (Å²) < 4.78 is 0. The second-order valence-corrected chi connectivity index (χ2v) is 5.36. The topological polar surface area (TPSA) is 51.8 Å². The largest absolute Gasteiger partial charge is 0.312 e. The van der Waals surface area contributed by atoms with Gasteiger partial charge in [0, 0.05) is 10.6 Å². The average molecular weight is 293 g/mol. The van der Waals surface area contributed by atoms with E-state index in [1.54, 1.807) is 6.34 Å². The maximum Gasteiger partial charge on any atom is 0.144 e. The molecule has 0 radical (unpaired) electrons. The summed E-state index contributed by atoms with van der Waals surface area (Å²) in [6.45, 7) is 0.690. The van der Waals surface area contributed by atoms with Crippen LogP contribution in [-0.4, -0.2) is 17.1 Å². The lowest BCUT2D eigenvalue weighted by atomic mass is 10.0. The molecule has 21 heavy (non-hydrogen) atoms. The van der Waals surface area contributed by atoms with Crippen LogP contribution in [0.5, 0.6) is 0 Å². The summed E-state index contributed by atoms with van der Waals surface area (Å²) in [7, 11) is 0. The highest BCUT2D eigenvalue weighted by atomic mass is 35.5. The Morgan fingerprint density at radius 1 is 1.14 bits per heavy atom. The molecule has 0 atom stereocenters. The number of hydrogen-bond donors (Lipinski definition) is 0. The number of nitriles is 1. The van der Waals surface area contributed by atoms with E-state index < -0.39 is 0 Å². The lowest BCUT2D eigenvalue weighted by Crippen LogP contribution is -2.34. The lowest BCUT2D eigenvalue weighted by molar-refractivity contribution is 0.607. The highest BCUT2D eigenvalue weighted by Crippen LogP contribution is 2.34. The fourth-order valence-corrected chi connectivity index (χ4v) is 2.72. The van der Waals surface area contributed by atoms with Crippen molar-refractivity contribution >= 4 is 35.1 Å². The molecule has 0 N–H and O–H groups in total. The van der Waals surface area contributed by atoms with Crippen molar-refractivity contribution < 1.29 is 0 Å². The van der Waals surface area contributed by atoms with Crippen LogP contribution in [0.4, 0.5) is 11.4 Å². The van der Waals surface area contributed by atoms with Crippen molar-refractivity contribution in [3.05, 3.63) is 58.1 Å². The van der Waals surface area contributed by atoms with Crippen LogP contribution in [0.2, 0.25) is 5.02 Å². The highest BCUT2D eigenvalue weighted by Gasteiger charge is 2.25. The molecule has 4 rings (SSSR count). The minimum atomic E-state index is 0.613. The second kappa shape index (κ2) is 4.44. The molecule has 0 saturated heterocycles. The van der Waals surface area contributed by atoms with Crippen LogP contribution in [0.1, 0.15) is 16.7 Å². The molecular weight excluding hydrogens is 284 g/mol. The molecule has 2 aliphatic rings. The number of amidine groups is 1. The SMILES string of the molecule is N#Cc1ccc2c(c1)N=C1c3cc(Cl)ccc3N=CN1C2. The van der Waals surface area contributed by atoms with E-state index in [2.05, 4.69) is 11.1 Å². The molecule has 0 aromatic heterocycles. The van der Waals surface area contributed by atoms with Crippen LogP contribution in [0, 0.1) is 11.3 Å². The Bertz CT molecular complexity index is 861. The molecule has 2 aromatic rings. The first-order valence-corrected chi connectivity index (χ1v) is 6.85. The van der Waals surface area contributed by atoms with Gasteiger partial charge in [0.15, 0.2) is 0 Å². The van der Waals surface area contributed by atoms with Gasteiger partial charge >= 0.3 is 0 Å². The molecule has 2 heterocycles. The monoisotopic (exact) mass is 292 g/mol. The van der Waals surface area contributed by atoms with Gasteiger partial charge in [-0.3, -0.25) is 0 Å². The van der Waals surface area contributed by atoms with Crippen molar-refractivity contribution in [1.29, 1.82) is 5.26 Å². The van der Waals surface area contributed by atoms with E-state index in [-0.39, 0.29) is 0 Å². The normalized spacial score (nSPS) is 14.7. The number of halogens is 1. The van der Waals surface area contributed by atoms with Gasteiger partial charge in [-0.1, -0.05) is 17.7 Å². The van der Waals surface area contributed by atoms with E-state index >= 15 is 0 Å². The molecule has 0 aliphatic carbocycles. The van der Waals surface area contributed by atoms with Crippen LogP contribution < -0.4 is 0 Å². The van der Waals surface area contributed by atoms with Gasteiger partial charge in [0.25, 0.3) is 0 Å². The molecule has 0 unspecified atom stereocenters. The van der Waals surface area contributed by atoms with Crippen molar-refractivity contribution in [1.82, 2.24) is 4.90 Å². The number of aliphatic imine (C=N–C) groups is 2. The van der Waals surface area contributed by atoms with Crippen molar-refractivity contribution in [2.24, 2.45) is 9.98 Å². The molecule has 0 spiro atoms. The van der Waals surface area contributed by atoms with E-state index in [0.717, 1.165) is 28.3 Å². The molecule has 2 aliphatic heterocycles. The Balaban J connectivity index is 1.92. The lowest BCUT2D eigenvalue weighted by Gasteiger charge is -2.30. The first-order chi connectivity index (χ1) is 10.2. The molecule has 0 bridgehead atoms. The minimum absolute atomic E-state index is 0.613. The third-order valence-electron chi connectivity index (χ3n) is 3.59. The number of fused-ring (bicyclic) bond motifs is 4. The third kappa shape index (κ3) is 1.91. The van der Waals surface area contributed by atoms with E-state index in [0.29, 0.717) is 17.1 Å². The molecule has 2 aromatic carbocycles. The smallest absolute Gasteiger partial charge is 0.144 e. The Morgan fingerprint density at radius 3 is 2.90 bits per heavy atom. The quantitative estimate of drug-likeness (QED) is 0.742. The van der Waals surface area contributed by atoms with Crippen LogP contribution in [0.3, 0.4) is 0 Å². The van der Waals surface area contributed by atoms with Crippen LogP contribution >= 0.6 is 11.6 Å². The molecule has 0 fully saturated rings. The van der Waals surface area contributed by atoms with Gasteiger partial charge in [0.2, 0.25) is 0 Å². The summed E-state index contributed by atoms with van der Waals surface area (Å²) in [5, 5.41) is 9.68. The zero-order valence-electron chi connectivity index (χ0n) is 10.9. The summed E-state index contributed by atoms with van der Waals surface area (Å²) in [5.41, 5.74) is 4.30. The number of rotatable bonds is 0. The average Bonchev–Trinajstić information content (AvgIpc) is 2.52. The minimum Gasteiger partial charge on any atom is -0.312 e. The summed E-state index contributed by atoms with van der Waals surface area (Å²) in [6, 6.07) is 13.3. The van der Waals surface area contributed by atoms with E-state index in [4.69, 9.17) is 21.9 Å². The predicted molar refractivity (Wildman–Crippen MR) is 82.5 cm³/mol. The second-order valence-electron chi connectivity index (χ2n) is 4.92. The molecule has 5 heteroatoms. The summed E-state index contributed by atoms with van der Waals surface area (Å²) in [5.74, 6) is 0.824. The molecule has 0 saturated carbocycles. The number of hydrogen-bond acceptors (Lipinski definition) is 4. The van der Waals surface area contributed by atoms with E-state index in [9.17, 15) is 0 Å². The van der Waals surface area contributed by atoms with Gasteiger partial charge in [-0.05, 0) is 35.9 Å². The van der Waals surface area contributed by atoms with Crippen molar-refractivity contribution in [2.75, 3.05) is 0 Å². The number of nitrogens with zero attached hydrogens (tertiary/aromatic N) is 4. The summed E-state index contributed by atoms with van der Waals surface area (Å²) in [6.07, 6.45) is 1.79. The third-order valence-corrected chi connectivity index (χ3v) is 3.82. The fraction of sp³-hybridized carbons (Fsp3) is 0.0625. The fourth-order valence-electron chi connectivity index (χ4n) is 2.55. The number of benzene rings is 2. The highest BCUT2D eigenvalue weighted by molar-refractivity contribution is 6.31. The van der Waals surface area contributed by atoms with E-state index in [1.807, 2.05) is 41.3 Å². The van der Waals surface area contributed by atoms with Gasteiger partial charge in [-0.2, -0.15) is 5.26 Å². The maximum absolute atomic E-state index is 9.02. The van der Waals surface area contributed by atoms with Gasteiger partial charge < -0.3 is 4.90 Å². The van der Waals surface area contributed by atoms with Crippen LogP contribution in [0.25, 0.3) is 0 Å². The van der Waals surface area contributed by atoms with Gasteiger partial charge in [0.05, 0.1) is 35.9 Å². The van der Waals surface area contributed by atoms with Crippen molar-refractivity contribution in [3.63, 3.8) is 0 Å². The first kappa shape index (κ1) is 12.1. The first-order valence-electron chi connectivity index (χ1n) is 6.47. The molecular formula is C16H9ClN4. The zero-order chi connectivity index (χ0) is 14.4. The van der Waals surface area contributed by atoms with Gasteiger partial charge in [-0.15, -0.1) is 0 Å². The van der Waals surface area contributed by atoms with Gasteiger partial charge in [0.1, 0.15) is 5.84 Å². The Hall–Kier alpha value is -2.64. The van der Waals surface area contributed by atoms with E-state index in [1.165, 1.54) is 0 Å². The summed E-state index contributed by atoms with van der Waals surface area (Å²) in [4.78, 5) is 11.1. The Kier molecular flexibility index (Phi) is 2.56.